The van der Waals surface area contributed by atoms with Crippen molar-refractivity contribution in [2.45, 2.75) is 5.03 Å². The zero-order valence-corrected chi connectivity index (χ0v) is 10.0. The number of hydrogen-bond acceptors (Lipinski definition) is 3. The SMILES string of the molecule is O=S(=O)(/N=C/c1cccc(F)c1)c1ccccn1. The fraction of sp³-hybridized carbons (Fsp3) is 0. The molecule has 92 valence electrons. The molecule has 1 aromatic carbocycles. The standard InChI is InChI=1S/C12H9FN2O2S/c13-11-5-3-4-10(8-11)9-15-18(16,17)12-6-1-2-7-14-12/h1-9H/b15-9+. The van der Waals surface area contributed by atoms with E-state index in [0.29, 0.717) is 5.56 Å². The second kappa shape index (κ2) is 5.05. The van der Waals surface area contributed by atoms with Crippen molar-refractivity contribution in [3.63, 3.8) is 0 Å². The van der Waals surface area contributed by atoms with Crippen LogP contribution in [0.25, 0.3) is 0 Å². The summed E-state index contributed by atoms with van der Waals surface area (Å²) >= 11 is 0. The van der Waals surface area contributed by atoms with Crippen molar-refractivity contribution in [2.75, 3.05) is 0 Å². The van der Waals surface area contributed by atoms with Crippen molar-refractivity contribution < 1.29 is 12.8 Å². The van der Waals surface area contributed by atoms with Gasteiger partial charge in [-0.2, -0.15) is 12.8 Å². The van der Waals surface area contributed by atoms with Crippen LogP contribution in [0.1, 0.15) is 5.56 Å². The first kappa shape index (κ1) is 12.4. The largest absolute Gasteiger partial charge is 0.299 e. The molecule has 0 aliphatic rings. The Morgan fingerprint density at radius 2 is 2.00 bits per heavy atom. The molecule has 0 radical (unpaired) electrons. The highest BCUT2D eigenvalue weighted by atomic mass is 32.2. The molecule has 0 amide bonds. The number of nitrogens with zero attached hydrogens (tertiary/aromatic N) is 2. The Morgan fingerprint density at radius 3 is 2.67 bits per heavy atom. The van der Waals surface area contributed by atoms with E-state index in [1.807, 2.05) is 0 Å². The first-order valence-corrected chi connectivity index (χ1v) is 6.49. The minimum Gasteiger partial charge on any atom is -0.243 e. The summed E-state index contributed by atoms with van der Waals surface area (Å²) in [6.07, 6.45) is 2.46. The molecule has 0 unspecified atom stereocenters. The number of halogens is 1. The molecule has 1 heterocycles. The van der Waals surface area contributed by atoms with E-state index < -0.39 is 15.8 Å². The van der Waals surface area contributed by atoms with E-state index in [4.69, 9.17) is 0 Å². The lowest BCUT2D eigenvalue weighted by Crippen LogP contribution is -2.00. The molecule has 0 aliphatic heterocycles. The Labute approximate surface area is 104 Å². The lowest BCUT2D eigenvalue weighted by Gasteiger charge is -1.96. The summed E-state index contributed by atoms with van der Waals surface area (Å²) in [6.45, 7) is 0. The predicted molar refractivity (Wildman–Crippen MR) is 65.4 cm³/mol. The van der Waals surface area contributed by atoms with Crippen LogP contribution in [0.4, 0.5) is 4.39 Å². The highest BCUT2D eigenvalue weighted by Crippen LogP contribution is 2.08. The maximum absolute atomic E-state index is 12.9. The molecule has 0 spiro atoms. The van der Waals surface area contributed by atoms with Gasteiger partial charge in [-0.1, -0.05) is 18.2 Å². The number of sulfonamides is 1. The van der Waals surface area contributed by atoms with Crippen molar-refractivity contribution in [1.29, 1.82) is 0 Å². The second-order valence-electron chi connectivity index (χ2n) is 3.43. The van der Waals surface area contributed by atoms with E-state index in [1.54, 1.807) is 18.2 Å². The van der Waals surface area contributed by atoms with Crippen molar-refractivity contribution in [3.8, 4) is 0 Å². The van der Waals surface area contributed by atoms with Crippen LogP contribution in [0.5, 0.6) is 0 Å². The smallest absolute Gasteiger partial charge is 0.243 e. The number of pyridine rings is 1. The molecule has 18 heavy (non-hydrogen) atoms. The molecule has 0 bridgehead atoms. The summed E-state index contributed by atoms with van der Waals surface area (Å²) in [5.41, 5.74) is 0.370. The van der Waals surface area contributed by atoms with Crippen molar-refractivity contribution in [2.24, 2.45) is 4.40 Å². The van der Waals surface area contributed by atoms with Gasteiger partial charge in [-0.25, -0.2) is 9.37 Å². The average Bonchev–Trinajstić information content (AvgIpc) is 2.38. The summed E-state index contributed by atoms with van der Waals surface area (Å²) < 4.78 is 39.8. The summed E-state index contributed by atoms with van der Waals surface area (Å²) in [5, 5.41) is -0.141. The number of hydrogen-bond donors (Lipinski definition) is 0. The van der Waals surface area contributed by atoms with Gasteiger partial charge in [0.1, 0.15) is 5.82 Å². The quantitative estimate of drug-likeness (QED) is 0.797. The Bertz CT molecular complexity index is 669. The lowest BCUT2D eigenvalue weighted by atomic mass is 10.2. The van der Waals surface area contributed by atoms with Gasteiger partial charge in [-0.05, 0) is 29.8 Å². The molecule has 2 aromatic rings. The zero-order chi connectivity index (χ0) is 13.0. The van der Waals surface area contributed by atoms with Crippen LogP contribution in [0.15, 0.2) is 58.1 Å². The van der Waals surface area contributed by atoms with E-state index in [2.05, 4.69) is 9.38 Å². The maximum Gasteiger partial charge on any atom is 0.299 e. The summed E-state index contributed by atoms with van der Waals surface area (Å²) in [7, 11) is -3.84. The third-order valence-corrected chi connectivity index (χ3v) is 3.24. The Hall–Kier alpha value is -2.08. The molecular weight excluding hydrogens is 255 g/mol. The molecule has 0 aliphatic carbocycles. The second-order valence-corrected chi connectivity index (χ2v) is 5.01. The normalized spacial score (nSPS) is 11.8. The third-order valence-electron chi connectivity index (χ3n) is 2.09. The van der Waals surface area contributed by atoms with Gasteiger partial charge in [-0.15, -0.1) is 0 Å². The van der Waals surface area contributed by atoms with Crippen LogP contribution in [0.3, 0.4) is 0 Å². The monoisotopic (exact) mass is 264 g/mol. The molecule has 0 saturated heterocycles. The zero-order valence-electron chi connectivity index (χ0n) is 9.19. The number of benzene rings is 1. The third kappa shape index (κ3) is 2.98. The highest BCUT2D eigenvalue weighted by Gasteiger charge is 2.12. The van der Waals surface area contributed by atoms with E-state index in [0.717, 1.165) is 6.21 Å². The minimum absolute atomic E-state index is 0.141. The topological polar surface area (TPSA) is 59.4 Å². The van der Waals surface area contributed by atoms with Crippen LogP contribution in [0.2, 0.25) is 0 Å². The Morgan fingerprint density at radius 1 is 1.17 bits per heavy atom. The van der Waals surface area contributed by atoms with Crippen molar-refractivity contribution >= 4 is 16.2 Å². The Kier molecular flexibility index (Phi) is 3.47. The lowest BCUT2D eigenvalue weighted by molar-refractivity contribution is 0.594. The summed E-state index contributed by atoms with van der Waals surface area (Å²) in [6, 6.07) is 10.00. The van der Waals surface area contributed by atoms with Gasteiger partial charge < -0.3 is 0 Å². The highest BCUT2D eigenvalue weighted by molar-refractivity contribution is 7.90. The van der Waals surface area contributed by atoms with Gasteiger partial charge in [0.2, 0.25) is 0 Å². The summed E-state index contributed by atoms with van der Waals surface area (Å²) in [4.78, 5) is 3.70. The predicted octanol–water partition coefficient (Wildman–Crippen LogP) is 2.03. The van der Waals surface area contributed by atoms with Crippen LogP contribution in [-0.2, 0) is 10.0 Å². The van der Waals surface area contributed by atoms with Crippen LogP contribution in [-0.4, -0.2) is 19.6 Å². The molecule has 6 heteroatoms. The van der Waals surface area contributed by atoms with E-state index >= 15 is 0 Å². The fourth-order valence-corrected chi connectivity index (χ4v) is 2.08. The van der Waals surface area contributed by atoms with E-state index in [-0.39, 0.29) is 5.03 Å². The molecule has 1 aromatic heterocycles. The van der Waals surface area contributed by atoms with Crippen LogP contribution >= 0.6 is 0 Å². The molecular formula is C12H9FN2O2S. The molecule has 0 fully saturated rings. The molecule has 4 nitrogen and oxygen atoms in total. The van der Waals surface area contributed by atoms with E-state index in [1.165, 1.54) is 30.5 Å². The summed E-state index contributed by atoms with van der Waals surface area (Å²) in [5.74, 6) is -0.450. The average molecular weight is 264 g/mol. The van der Waals surface area contributed by atoms with Crippen molar-refractivity contribution in [3.05, 3.63) is 60.0 Å². The Balaban J connectivity index is 2.29. The van der Waals surface area contributed by atoms with Gasteiger partial charge in [0.05, 0.1) is 0 Å². The van der Waals surface area contributed by atoms with Gasteiger partial charge in [0, 0.05) is 12.4 Å². The van der Waals surface area contributed by atoms with Gasteiger partial charge >= 0.3 is 0 Å². The number of rotatable bonds is 3. The maximum atomic E-state index is 12.9. The van der Waals surface area contributed by atoms with Gasteiger partial charge in [0.15, 0.2) is 5.03 Å². The van der Waals surface area contributed by atoms with Crippen LogP contribution in [0, 0.1) is 5.82 Å². The van der Waals surface area contributed by atoms with Crippen LogP contribution < -0.4 is 0 Å². The van der Waals surface area contributed by atoms with Gasteiger partial charge in [0.25, 0.3) is 10.0 Å². The van der Waals surface area contributed by atoms with Crippen molar-refractivity contribution in [1.82, 2.24) is 4.98 Å². The molecule has 0 atom stereocenters. The first-order valence-electron chi connectivity index (χ1n) is 5.05. The van der Waals surface area contributed by atoms with E-state index in [9.17, 15) is 12.8 Å². The first-order chi connectivity index (χ1) is 8.58. The molecule has 0 N–H and O–H groups in total. The van der Waals surface area contributed by atoms with Gasteiger partial charge in [-0.3, -0.25) is 0 Å². The minimum atomic E-state index is -3.84. The molecule has 0 saturated carbocycles. The number of aromatic nitrogens is 1. The fourth-order valence-electron chi connectivity index (χ4n) is 1.27. The molecule has 2 rings (SSSR count).